The molecule has 1 atom stereocenters. The Bertz CT molecular complexity index is 523. The van der Waals surface area contributed by atoms with Crippen LogP contribution in [0.25, 0.3) is 0 Å². The molecule has 108 valence electrons. The summed E-state index contributed by atoms with van der Waals surface area (Å²) in [6.45, 7) is 3.55. The first-order valence-corrected chi connectivity index (χ1v) is 7.51. The van der Waals surface area contributed by atoms with Crippen molar-refractivity contribution in [3.63, 3.8) is 0 Å². The van der Waals surface area contributed by atoms with Crippen LogP contribution in [-0.4, -0.2) is 47.9 Å². The molecule has 3 nitrogen and oxygen atoms in total. The standard InChI is InChI=1S/C15H18ClFN2O/c16-11-4-5-14(17)13(9-11)15(20)19-8-2-7-18-6-1-3-12(18)10-19/h4-5,9,12H,1-3,6-8,10H2. The Morgan fingerprint density at radius 1 is 1.25 bits per heavy atom. The normalized spacial score (nSPS) is 23.5. The maximum absolute atomic E-state index is 13.8. The van der Waals surface area contributed by atoms with Gasteiger partial charge in [0.1, 0.15) is 5.82 Å². The summed E-state index contributed by atoms with van der Waals surface area (Å²) in [5, 5.41) is 0.395. The van der Waals surface area contributed by atoms with Crippen molar-refractivity contribution in [1.82, 2.24) is 9.80 Å². The third kappa shape index (κ3) is 2.67. The van der Waals surface area contributed by atoms with Crippen LogP contribution in [0.4, 0.5) is 4.39 Å². The maximum Gasteiger partial charge on any atom is 0.256 e. The van der Waals surface area contributed by atoms with E-state index in [9.17, 15) is 9.18 Å². The smallest absolute Gasteiger partial charge is 0.256 e. The van der Waals surface area contributed by atoms with Crippen molar-refractivity contribution >= 4 is 17.5 Å². The highest BCUT2D eigenvalue weighted by atomic mass is 35.5. The molecule has 0 aromatic heterocycles. The summed E-state index contributed by atoms with van der Waals surface area (Å²) in [4.78, 5) is 16.8. The third-order valence-electron chi connectivity index (χ3n) is 4.25. The van der Waals surface area contributed by atoms with Crippen LogP contribution < -0.4 is 0 Å². The zero-order valence-corrected chi connectivity index (χ0v) is 12.1. The van der Waals surface area contributed by atoms with Gasteiger partial charge in [-0.2, -0.15) is 0 Å². The van der Waals surface area contributed by atoms with Gasteiger partial charge in [-0.3, -0.25) is 9.69 Å². The van der Waals surface area contributed by atoms with Crippen molar-refractivity contribution in [2.24, 2.45) is 0 Å². The fourth-order valence-corrected chi connectivity index (χ4v) is 3.39. The summed E-state index contributed by atoms with van der Waals surface area (Å²) < 4.78 is 13.8. The van der Waals surface area contributed by atoms with Crippen LogP contribution >= 0.6 is 11.6 Å². The first kappa shape index (κ1) is 13.8. The average molecular weight is 297 g/mol. The number of hydrogen-bond donors (Lipinski definition) is 0. The number of fused-ring (bicyclic) bond motifs is 1. The molecule has 0 bridgehead atoms. The Morgan fingerprint density at radius 3 is 2.90 bits per heavy atom. The highest BCUT2D eigenvalue weighted by molar-refractivity contribution is 6.31. The molecule has 0 aliphatic carbocycles. The van der Waals surface area contributed by atoms with E-state index in [4.69, 9.17) is 11.6 Å². The van der Waals surface area contributed by atoms with Gasteiger partial charge in [-0.05, 0) is 44.0 Å². The molecule has 2 fully saturated rings. The van der Waals surface area contributed by atoms with Gasteiger partial charge in [0.2, 0.25) is 0 Å². The molecule has 1 unspecified atom stereocenters. The van der Waals surface area contributed by atoms with Crippen molar-refractivity contribution in [2.75, 3.05) is 26.2 Å². The number of carbonyl (C=O) groups excluding carboxylic acids is 1. The van der Waals surface area contributed by atoms with Crippen LogP contribution in [0.15, 0.2) is 18.2 Å². The highest BCUT2D eigenvalue weighted by Crippen LogP contribution is 2.23. The van der Waals surface area contributed by atoms with Crippen LogP contribution in [0.3, 0.4) is 0 Å². The number of halogens is 2. The number of hydrogen-bond acceptors (Lipinski definition) is 2. The van der Waals surface area contributed by atoms with Gasteiger partial charge in [0, 0.05) is 30.7 Å². The zero-order chi connectivity index (χ0) is 14.1. The van der Waals surface area contributed by atoms with Gasteiger partial charge >= 0.3 is 0 Å². The van der Waals surface area contributed by atoms with E-state index in [1.54, 1.807) is 4.90 Å². The Hall–Kier alpha value is -1.13. The zero-order valence-electron chi connectivity index (χ0n) is 11.3. The predicted molar refractivity (Wildman–Crippen MR) is 76.5 cm³/mol. The molecule has 1 aromatic rings. The Kier molecular flexibility index (Phi) is 3.94. The van der Waals surface area contributed by atoms with E-state index >= 15 is 0 Å². The molecule has 2 aliphatic rings. The van der Waals surface area contributed by atoms with Gasteiger partial charge < -0.3 is 4.90 Å². The van der Waals surface area contributed by atoms with Gasteiger partial charge in [-0.1, -0.05) is 11.6 Å². The number of amides is 1. The molecule has 2 heterocycles. The highest BCUT2D eigenvalue weighted by Gasteiger charge is 2.31. The first-order valence-electron chi connectivity index (χ1n) is 7.13. The molecule has 2 aliphatic heterocycles. The van der Waals surface area contributed by atoms with E-state index in [-0.39, 0.29) is 11.5 Å². The number of carbonyl (C=O) groups is 1. The van der Waals surface area contributed by atoms with Crippen molar-refractivity contribution in [2.45, 2.75) is 25.3 Å². The molecular weight excluding hydrogens is 279 g/mol. The molecule has 1 amide bonds. The van der Waals surface area contributed by atoms with E-state index < -0.39 is 5.82 Å². The van der Waals surface area contributed by atoms with Crippen LogP contribution in [0, 0.1) is 5.82 Å². The fraction of sp³-hybridized carbons (Fsp3) is 0.533. The van der Waals surface area contributed by atoms with E-state index in [0.29, 0.717) is 24.2 Å². The van der Waals surface area contributed by atoms with Crippen LogP contribution in [0.1, 0.15) is 29.6 Å². The lowest BCUT2D eigenvalue weighted by Crippen LogP contribution is -2.39. The van der Waals surface area contributed by atoms with Crippen LogP contribution in [0.2, 0.25) is 5.02 Å². The van der Waals surface area contributed by atoms with Crippen molar-refractivity contribution in [3.05, 3.63) is 34.6 Å². The van der Waals surface area contributed by atoms with E-state index in [0.717, 1.165) is 25.9 Å². The topological polar surface area (TPSA) is 23.6 Å². The molecular formula is C15H18ClFN2O. The second-order valence-corrected chi connectivity index (χ2v) is 6.00. The van der Waals surface area contributed by atoms with Gasteiger partial charge in [0.25, 0.3) is 5.91 Å². The lowest BCUT2D eigenvalue weighted by atomic mass is 10.1. The molecule has 3 rings (SSSR count). The number of nitrogens with zero attached hydrogens (tertiary/aromatic N) is 2. The Balaban J connectivity index is 1.80. The van der Waals surface area contributed by atoms with E-state index in [1.165, 1.54) is 24.6 Å². The summed E-state index contributed by atoms with van der Waals surface area (Å²) in [5.41, 5.74) is 0.0870. The molecule has 2 saturated heterocycles. The third-order valence-corrected chi connectivity index (χ3v) is 4.48. The van der Waals surface area contributed by atoms with E-state index in [1.807, 2.05) is 0 Å². The Morgan fingerprint density at radius 2 is 2.05 bits per heavy atom. The molecule has 5 heteroatoms. The molecule has 1 aromatic carbocycles. The van der Waals surface area contributed by atoms with Gasteiger partial charge in [-0.25, -0.2) is 4.39 Å². The first-order chi connectivity index (χ1) is 9.65. The summed E-state index contributed by atoms with van der Waals surface area (Å²) in [6, 6.07) is 4.59. The minimum Gasteiger partial charge on any atom is -0.337 e. The molecule has 0 spiro atoms. The fourth-order valence-electron chi connectivity index (χ4n) is 3.22. The minimum absolute atomic E-state index is 0.0870. The van der Waals surface area contributed by atoms with E-state index in [2.05, 4.69) is 4.90 Å². The van der Waals surface area contributed by atoms with Crippen LogP contribution in [0.5, 0.6) is 0 Å². The summed E-state index contributed by atoms with van der Waals surface area (Å²) in [6.07, 6.45) is 3.27. The second-order valence-electron chi connectivity index (χ2n) is 5.56. The summed E-state index contributed by atoms with van der Waals surface area (Å²) >= 11 is 5.88. The monoisotopic (exact) mass is 296 g/mol. The number of rotatable bonds is 1. The lowest BCUT2D eigenvalue weighted by molar-refractivity contribution is 0.0738. The molecule has 0 N–H and O–H groups in total. The predicted octanol–water partition coefficient (Wildman–Crippen LogP) is 2.79. The average Bonchev–Trinajstić information content (AvgIpc) is 2.78. The SMILES string of the molecule is O=C(c1cc(Cl)ccc1F)N1CCCN2CCCC2C1. The van der Waals surface area contributed by atoms with Gasteiger partial charge in [-0.15, -0.1) is 0 Å². The summed E-state index contributed by atoms with van der Waals surface area (Å²) in [5.74, 6) is -0.731. The second kappa shape index (κ2) is 5.70. The molecule has 0 saturated carbocycles. The summed E-state index contributed by atoms with van der Waals surface area (Å²) in [7, 11) is 0. The molecule has 0 radical (unpaired) electrons. The largest absolute Gasteiger partial charge is 0.337 e. The Labute approximate surface area is 123 Å². The molecule has 20 heavy (non-hydrogen) atoms. The van der Waals surface area contributed by atoms with Gasteiger partial charge in [0.05, 0.1) is 5.56 Å². The van der Waals surface area contributed by atoms with Crippen molar-refractivity contribution in [1.29, 1.82) is 0 Å². The maximum atomic E-state index is 13.8. The minimum atomic E-state index is -0.494. The van der Waals surface area contributed by atoms with Crippen molar-refractivity contribution < 1.29 is 9.18 Å². The van der Waals surface area contributed by atoms with Crippen LogP contribution in [-0.2, 0) is 0 Å². The number of benzene rings is 1. The quantitative estimate of drug-likeness (QED) is 0.795. The lowest BCUT2D eigenvalue weighted by Gasteiger charge is -2.25. The van der Waals surface area contributed by atoms with Crippen molar-refractivity contribution in [3.8, 4) is 0 Å². The van der Waals surface area contributed by atoms with Gasteiger partial charge in [0.15, 0.2) is 0 Å².